The Morgan fingerprint density at radius 3 is 2.44 bits per heavy atom. The average Bonchev–Trinajstić information content (AvgIpc) is 2.39. The molecule has 0 aliphatic heterocycles. The minimum absolute atomic E-state index is 0.0246. The highest BCUT2D eigenvalue weighted by Gasteiger charge is 2.06. The summed E-state index contributed by atoms with van der Waals surface area (Å²) in [5.74, 6) is -0.823. The molecule has 2 nitrogen and oxygen atoms in total. The van der Waals surface area contributed by atoms with Gasteiger partial charge in [-0.2, -0.15) is 0 Å². The highest BCUT2D eigenvalue weighted by molar-refractivity contribution is 6.48. The van der Waals surface area contributed by atoms with Crippen LogP contribution in [0.1, 0.15) is 5.56 Å². The molecule has 0 N–H and O–H groups in total. The second kappa shape index (κ2) is 7.19. The van der Waals surface area contributed by atoms with E-state index >= 15 is 0 Å². The van der Waals surface area contributed by atoms with Crippen molar-refractivity contribution >= 4 is 34.2 Å². The van der Waals surface area contributed by atoms with E-state index in [4.69, 9.17) is 23.2 Å². The molecule has 0 aliphatic carbocycles. The lowest BCUT2D eigenvalue weighted by atomic mass is 10.2. The first-order chi connectivity index (χ1) is 8.58. The van der Waals surface area contributed by atoms with E-state index in [0.29, 0.717) is 16.2 Å². The van der Waals surface area contributed by atoms with E-state index in [1.165, 1.54) is 31.4 Å². The zero-order valence-electron chi connectivity index (χ0n) is 9.62. The fourth-order valence-electron chi connectivity index (χ4n) is 1.18. The summed E-state index contributed by atoms with van der Waals surface area (Å²) in [6, 6.07) is 5.69. The number of carbonyl (C=O) groups is 1. The van der Waals surface area contributed by atoms with Crippen molar-refractivity contribution in [2.75, 3.05) is 13.0 Å². The van der Waals surface area contributed by atoms with Gasteiger partial charge >= 0.3 is 5.97 Å². The molecule has 18 heavy (non-hydrogen) atoms. The molecule has 0 radical (unpaired) electrons. The van der Waals surface area contributed by atoms with Crippen molar-refractivity contribution in [3.05, 3.63) is 53.4 Å². The molecule has 1 aromatic rings. The van der Waals surface area contributed by atoms with Crippen LogP contribution in [0.5, 0.6) is 0 Å². The van der Waals surface area contributed by atoms with Gasteiger partial charge in [-0.05, 0) is 29.8 Å². The summed E-state index contributed by atoms with van der Waals surface area (Å²) in [4.78, 5) is 11.2. The molecule has 96 valence electrons. The van der Waals surface area contributed by atoms with Crippen molar-refractivity contribution in [3.8, 4) is 0 Å². The topological polar surface area (TPSA) is 26.3 Å². The Labute approximate surface area is 115 Å². The van der Waals surface area contributed by atoms with Crippen LogP contribution >= 0.6 is 23.2 Å². The van der Waals surface area contributed by atoms with Gasteiger partial charge in [0.1, 0.15) is 5.82 Å². The Hall–Kier alpha value is -1.32. The van der Waals surface area contributed by atoms with Gasteiger partial charge in [0.05, 0.1) is 18.6 Å². The van der Waals surface area contributed by atoms with Gasteiger partial charge in [0.15, 0.2) is 0 Å². The number of allylic oxidation sites excluding steroid dienone is 2. The Morgan fingerprint density at radius 2 is 1.94 bits per heavy atom. The van der Waals surface area contributed by atoms with Crippen LogP contribution in [0.2, 0.25) is 0 Å². The van der Waals surface area contributed by atoms with E-state index in [-0.39, 0.29) is 11.7 Å². The monoisotopic (exact) mass is 288 g/mol. The predicted molar refractivity (Wildman–Crippen MR) is 71.0 cm³/mol. The van der Waals surface area contributed by atoms with Crippen molar-refractivity contribution in [2.24, 2.45) is 0 Å². The minimum Gasteiger partial charge on any atom is -0.466 e. The third-order valence-corrected chi connectivity index (χ3v) is 2.77. The van der Waals surface area contributed by atoms with Gasteiger partial charge < -0.3 is 4.74 Å². The van der Waals surface area contributed by atoms with E-state index in [2.05, 4.69) is 4.74 Å². The molecule has 0 fully saturated rings. The molecule has 0 amide bonds. The van der Waals surface area contributed by atoms with E-state index in [1.54, 1.807) is 12.1 Å². The van der Waals surface area contributed by atoms with Crippen LogP contribution in [0, 0.1) is 5.82 Å². The normalized spacial score (nSPS) is 12.4. The van der Waals surface area contributed by atoms with Crippen LogP contribution in [0.15, 0.2) is 42.0 Å². The summed E-state index contributed by atoms with van der Waals surface area (Å²) in [6.45, 7) is 0. The second-order valence-electron chi connectivity index (χ2n) is 3.34. The number of methoxy groups -OCH3 is 1. The Bertz CT molecular complexity index is 478. The molecule has 0 spiro atoms. The van der Waals surface area contributed by atoms with Gasteiger partial charge in [-0.3, -0.25) is 0 Å². The molecule has 0 heterocycles. The standard InChI is InChI=1S/C13H11Cl2FO2/c1-18-13(17)10(8-14)4-7-12(15)9-2-5-11(16)6-3-9/h2-7H,8H2,1H3. The summed E-state index contributed by atoms with van der Waals surface area (Å²) in [5, 5.41) is 0.376. The third-order valence-electron chi connectivity index (χ3n) is 2.14. The molecular formula is C13H11Cl2FO2. The number of carbonyl (C=O) groups excluding carboxylic acids is 1. The Morgan fingerprint density at radius 1 is 1.33 bits per heavy atom. The van der Waals surface area contributed by atoms with E-state index in [9.17, 15) is 9.18 Å². The molecule has 1 rings (SSSR count). The Kier molecular flexibility index (Phi) is 5.89. The van der Waals surface area contributed by atoms with Crippen LogP contribution < -0.4 is 0 Å². The first-order valence-electron chi connectivity index (χ1n) is 5.05. The summed E-state index contributed by atoms with van der Waals surface area (Å²) < 4.78 is 17.3. The number of hydrogen-bond donors (Lipinski definition) is 0. The summed E-state index contributed by atoms with van der Waals surface area (Å²) >= 11 is 11.6. The average molecular weight is 289 g/mol. The molecular weight excluding hydrogens is 278 g/mol. The van der Waals surface area contributed by atoms with E-state index < -0.39 is 5.97 Å². The van der Waals surface area contributed by atoms with Crippen LogP contribution in [0.3, 0.4) is 0 Å². The fraction of sp³-hybridized carbons (Fsp3) is 0.154. The molecule has 0 aliphatic rings. The second-order valence-corrected chi connectivity index (χ2v) is 4.01. The molecule has 0 atom stereocenters. The lowest BCUT2D eigenvalue weighted by Gasteiger charge is -2.00. The number of alkyl halides is 1. The Balaban J connectivity index is 2.92. The van der Waals surface area contributed by atoms with Gasteiger partial charge in [-0.25, -0.2) is 9.18 Å². The lowest BCUT2D eigenvalue weighted by Crippen LogP contribution is -2.05. The number of halogens is 3. The maximum Gasteiger partial charge on any atom is 0.334 e. The smallest absolute Gasteiger partial charge is 0.334 e. The molecule has 0 saturated carbocycles. The van der Waals surface area contributed by atoms with Crippen molar-refractivity contribution in [2.45, 2.75) is 0 Å². The number of hydrogen-bond acceptors (Lipinski definition) is 2. The molecule has 0 unspecified atom stereocenters. The molecule has 0 bridgehead atoms. The number of ether oxygens (including phenoxy) is 1. The highest BCUT2D eigenvalue weighted by Crippen LogP contribution is 2.19. The zero-order chi connectivity index (χ0) is 13.5. The maximum absolute atomic E-state index is 12.7. The van der Waals surface area contributed by atoms with Crippen LogP contribution in [-0.2, 0) is 9.53 Å². The lowest BCUT2D eigenvalue weighted by molar-refractivity contribution is -0.135. The quantitative estimate of drug-likeness (QED) is 0.365. The van der Waals surface area contributed by atoms with Crippen molar-refractivity contribution < 1.29 is 13.9 Å². The fourth-order valence-corrected chi connectivity index (χ4v) is 1.56. The minimum atomic E-state index is -0.509. The van der Waals surface area contributed by atoms with E-state index in [1.807, 2.05) is 0 Å². The molecule has 0 aromatic heterocycles. The van der Waals surface area contributed by atoms with Gasteiger partial charge in [0.2, 0.25) is 0 Å². The largest absolute Gasteiger partial charge is 0.466 e. The van der Waals surface area contributed by atoms with Crippen LogP contribution in [0.4, 0.5) is 4.39 Å². The van der Waals surface area contributed by atoms with Crippen LogP contribution in [-0.4, -0.2) is 19.0 Å². The first kappa shape index (κ1) is 14.7. The first-order valence-corrected chi connectivity index (χ1v) is 5.96. The summed E-state index contributed by atoms with van der Waals surface area (Å²) in [5.41, 5.74) is 0.938. The van der Waals surface area contributed by atoms with Crippen molar-refractivity contribution in [1.82, 2.24) is 0 Å². The molecule has 0 saturated heterocycles. The van der Waals surface area contributed by atoms with Crippen molar-refractivity contribution in [3.63, 3.8) is 0 Å². The highest BCUT2D eigenvalue weighted by atomic mass is 35.5. The van der Waals surface area contributed by atoms with Gasteiger partial charge in [0.25, 0.3) is 0 Å². The van der Waals surface area contributed by atoms with Gasteiger partial charge in [-0.15, -0.1) is 11.6 Å². The number of esters is 1. The van der Waals surface area contributed by atoms with Gasteiger partial charge in [-0.1, -0.05) is 23.7 Å². The predicted octanol–water partition coefficient (Wildman–Crippen LogP) is 3.74. The molecule has 1 aromatic carbocycles. The third kappa shape index (κ3) is 4.17. The van der Waals surface area contributed by atoms with Crippen LogP contribution in [0.25, 0.3) is 5.03 Å². The summed E-state index contributed by atoms with van der Waals surface area (Å²) in [7, 11) is 1.27. The zero-order valence-corrected chi connectivity index (χ0v) is 11.1. The number of rotatable bonds is 4. The number of benzene rings is 1. The molecule has 5 heteroatoms. The SMILES string of the molecule is COC(=O)C(=CC=C(Cl)c1ccc(F)cc1)CCl. The maximum atomic E-state index is 12.7. The summed E-state index contributed by atoms with van der Waals surface area (Å²) in [6.07, 6.45) is 2.99. The van der Waals surface area contributed by atoms with E-state index in [0.717, 1.165) is 0 Å². The van der Waals surface area contributed by atoms with Crippen molar-refractivity contribution in [1.29, 1.82) is 0 Å². The van der Waals surface area contributed by atoms with Gasteiger partial charge in [0, 0.05) is 5.03 Å².